The zero-order chi connectivity index (χ0) is 60.5. The van der Waals surface area contributed by atoms with Gasteiger partial charge in [0.05, 0.1) is 40.3 Å². The second-order valence-corrected chi connectivity index (χ2v) is 22.6. The van der Waals surface area contributed by atoms with Crippen molar-refractivity contribution in [1.29, 1.82) is 0 Å². The minimum absolute atomic E-state index is 0.139. The number of unbranched alkanes of at least 4 members (excludes halogenated alkanes) is 20. The van der Waals surface area contributed by atoms with Crippen LogP contribution in [0, 0.1) is 0 Å². The second-order valence-electron chi connectivity index (χ2n) is 22.6. The van der Waals surface area contributed by atoms with Gasteiger partial charge in [0.25, 0.3) is 0 Å². The maximum absolute atomic E-state index is 12.9. The summed E-state index contributed by atoms with van der Waals surface area (Å²) in [6.45, 7) is 4.50. The van der Waals surface area contributed by atoms with Crippen molar-refractivity contribution in [3.05, 3.63) is 146 Å². The number of carboxylic acids is 1. The first-order chi connectivity index (χ1) is 40.6. The maximum Gasteiger partial charge on any atom is 0.306 e. The Morgan fingerprint density at radius 2 is 0.651 bits per heavy atom. The average Bonchev–Trinajstić information content (AvgIpc) is 3.47. The summed E-state index contributed by atoms with van der Waals surface area (Å²) in [6, 6.07) is 0. The number of esters is 2. The summed E-state index contributed by atoms with van der Waals surface area (Å²) in [7, 11) is 5.92. The molecule has 470 valence electrons. The molecule has 0 amide bonds. The fourth-order valence-electron chi connectivity index (χ4n) is 8.60. The zero-order valence-corrected chi connectivity index (χ0v) is 53.5. The number of carbonyl (C=O) groups is 3. The highest BCUT2D eigenvalue weighted by atomic mass is 16.7. The van der Waals surface area contributed by atoms with Crippen molar-refractivity contribution in [1.82, 2.24) is 0 Å². The highest BCUT2D eigenvalue weighted by Gasteiger charge is 2.22. The fraction of sp³-hybridized carbons (Fsp3) is 0.635. The summed E-state index contributed by atoms with van der Waals surface area (Å²) in [4.78, 5) is 37.5. The van der Waals surface area contributed by atoms with E-state index in [1.807, 2.05) is 21.1 Å². The third-order valence-corrected chi connectivity index (χ3v) is 13.6. The van der Waals surface area contributed by atoms with Gasteiger partial charge in [0.2, 0.25) is 0 Å². The predicted molar refractivity (Wildman–Crippen MR) is 352 cm³/mol. The van der Waals surface area contributed by atoms with Gasteiger partial charge in [0.15, 0.2) is 12.4 Å². The first kappa shape index (κ1) is 78.2. The molecular weight excluding hydrogens is 1030 g/mol. The molecular formula is C74H121NO8. The highest BCUT2D eigenvalue weighted by molar-refractivity contribution is 5.70. The molecule has 2 atom stereocenters. The van der Waals surface area contributed by atoms with E-state index in [1.54, 1.807) is 0 Å². The smallest absolute Gasteiger partial charge is 0.306 e. The van der Waals surface area contributed by atoms with Crippen LogP contribution in [0.2, 0.25) is 0 Å². The van der Waals surface area contributed by atoms with Gasteiger partial charge < -0.3 is 33.3 Å². The van der Waals surface area contributed by atoms with Crippen LogP contribution in [0.25, 0.3) is 0 Å². The molecule has 0 fully saturated rings. The first-order valence-electron chi connectivity index (χ1n) is 33.0. The van der Waals surface area contributed by atoms with Gasteiger partial charge in [-0.25, -0.2) is 0 Å². The number of hydrogen-bond acceptors (Lipinski definition) is 8. The Labute approximate surface area is 509 Å². The van der Waals surface area contributed by atoms with Crippen LogP contribution < -0.4 is 5.11 Å². The number of rotatable bonds is 59. The molecule has 0 aromatic heterocycles. The van der Waals surface area contributed by atoms with E-state index < -0.39 is 24.3 Å². The molecule has 0 heterocycles. The third-order valence-electron chi connectivity index (χ3n) is 13.6. The summed E-state index contributed by atoms with van der Waals surface area (Å²) < 4.78 is 22.8. The summed E-state index contributed by atoms with van der Waals surface area (Å²) in [6.07, 6.45) is 89.0. The van der Waals surface area contributed by atoms with Crippen LogP contribution in [0.1, 0.15) is 245 Å². The molecule has 2 unspecified atom stereocenters. The van der Waals surface area contributed by atoms with Crippen molar-refractivity contribution in [3.63, 3.8) is 0 Å². The molecule has 0 aliphatic carbocycles. The average molecular weight is 1150 g/mol. The highest BCUT2D eigenvalue weighted by Crippen LogP contribution is 2.16. The van der Waals surface area contributed by atoms with Crippen LogP contribution in [0.15, 0.2) is 146 Å². The normalized spacial score (nSPS) is 13.7. The van der Waals surface area contributed by atoms with Crippen molar-refractivity contribution < 1.29 is 42.9 Å². The minimum atomic E-state index is -1.63. The number of carboxylic acid groups (broad SMARTS) is 1. The third kappa shape index (κ3) is 64.6. The molecule has 0 spiro atoms. The topological polar surface area (TPSA) is 111 Å². The Hall–Kier alpha value is -4.83. The summed E-state index contributed by atoms with van der Waals surface area (Å²) in [5.74, 6) is -2.31. The molecule has 0 aromatic carbocycles. The van der Waals surface area contributed by atoms with Crippen LogP contribution in [-0.2, 0) is 33.3 Å². The lowest BCUT2D eigenvalue weighted by Crippen LogP contribution is -2.44. The van der Waals surface area contributed by atoms with Gasteiger partial charge in [-0.2, -0.15) is 0 Å². The van der Waals surface area contributed by atoms with Crippen LogP contribution in [0.4, 0.5) is 0 Å². The lowest BCUT2D eigenvalue weighted by molar-refractivity contribution is -0.870. The molecule has 83 heavy (non-hydrogen) atoms. The van der Waals surface area contributed by atoms with E-state index in [2.05, 4.69) is 160 Å². The Morgan fingerprint density at radius 3 is 0.964 bits per heavy atom. The molecule has 0 N–H and O–H groups in total. The van der Waals surface area contributed by atoms with Crippen LogP contribution in [-0.4, -0.2) is 82.3 Å². The van der Waals surface area contributed by atoms with Crippen molar-refractivity contribution in [3.8, 4) is 0 Å². The van der Waals surface area contributed by atoms with E-state index in [-0.39, 0.29) is 38.6 Å². The lowest BCUT2D eigenvalue weighted by Gasteiger charge is -2.26. The molecule has 9 nitrogen and oxygen atoms in total. The lowest BCUT2D eigenvalue weighted by atomic mass is 10.0. The predicted octanol–water partition coefficient (Wildman–Crippen LogP) is 19.0. The molecule has 0 aliphatic rings. The number of allylic oxidation sites excluding steroid dienone is 24. The zero-order valence-electron chi connectivity index (χ0n) is 53.5. The van der Waals surface area contributed by atoms with Crippen molar-refractivity contribution in [2.45, 2.75) is 257 Å². The molecule has 0 radical (unpaired) electrons. The number of nitrogens with zero attached hydrogens (tertiary/aromatic N) is 1. The molecule has 0 rings (SSSR count). The monoisotopic (exact) mass is 1150 g/mol. The van der Waals surface area contributed by atoms with Gasteiger partial charge in [-0.3, -0.25) is 9.59 Å². The quantitative estimate of drug-likeness (QED) is 0.0195. The maximum atomic E-state index is 12.9. The van der Waals surface area contributed by atoms with E-state index in [0.29, 0.717) is 17.4 Å². The Kier molecular flexibility index (Phi) is 59.5. The van der Waals surface area contributed by atoms with E-state index >= 15 is 0 Å². The van der Waals surface area contributed by atoms with E-state index in [1.165, 1.54) is 77.0 Å². The van der Waals surface area contributed by atoms with Gasteiger partial charge in [0.1, 0.15) is 13.2 Å². The van der Waals surface area contributed by atoms with Gasteiger partial charge in [-0.05, 0) is 116 Å². The number of likely N-dealkylation sites (N-methyl/N-ethyl adjacent to an activating group) is 1. The molecule has 0 saturated carbocycles. The second kappa shape index (κ2) is 63.2. The van der Waals surface area contributed by atoms with Gasteiger partial charge in [-0.1, -0.05) is 262 Å². The molecule has 0 aliphatic heterocycles. The molecule has 9 heteroatoms. The van der Waals surface area contributed by atoms with Crippen molar-refractivity contribution in [2.24, 2.45) is 0 Å². The largest absolute Gasteiger partial charge is 0.545 e. The van der Waals surface area contributed by atoms with Gasteiger partial charge in [0, 0.05) is 12.8 Å². The van der Waals surface area contributed by atoms with Gasteiger partial charge >= 0.3 is 11.9 Å². The van der Waals surface area contributed by atoms with Crippen LogP contribution >= 0.6 is 0 Å². The number of ether oxygens (including phenoxy) is 4. The SMILES string of the molecule is CC/C=C\C/C=C\C/C=C\C/C=C\C/C=C\C/C=C\CCCCCCCCCCCCC(=O)OCC(COC(OCC[N+](C)(C)C)C(=O)[O-])OC(=O)CCCCCCCCCCCC/C=C\C/C=C\C/C=C\C/C=C\C/C=C\C/C=C\CC. The number of hydrogen-bond donors (Lipinski definition) is 0. The molecule has 0 saturated heterocycles. The van der Waals surface area contributed by atoms with E-state index in [9.17, 15) is 19.5 Å². The van der Waals surface area contributed by atoms with Crippen LogP contribution in [0.3, 0.4) is 0 Å². The minimum Gasteiger partial charge on any atom is -0.545 e. The first-order valence-corrected chi connectivity index (χ1v) is 33.0. The number of quaternary nitrogens is 1. The summed E-state index contributed by atoms with van der Waals surface area (Å²) in [5, 5.41) is 11.8. The summed E-state index contributed by atoms with van der Waals surface area (Å²) in [5.41, 5.74) is 0. The van der Waals surface area contributed by atoms with Crippen molar-refractivity contribution in [2.75, 3.05) is 47.5 Å². The number of aliphatic carboxylic acids is 1. The fourth-order valence-corrected chi connectivity index (χ4v) is 8.60. The Balaban J connectivity index is 4.23. The van der Waals surface area contributed by atoms with E-state index in [0.717, 1.165) is 135 Å². The Morgan fingerprint density at radius 1 is 0.361 bits per heavy atom. The van der Waals surface area contributed by atoms with E-state index in [4.69, 9.17) is 18.9 Å². The van der Waals surface area contributed by atoms with Gasteiger partial charge in [-0.15, -0.1) is 0 Å². The molecule has 0 bridgehead atoms. The molecule has 0 aromatic rings. The Bertz CT molecular complexity index is 1870. The standard InChI is InChI=1S/C74H121NO8/c1-6-8-10-12-14-16-18-20-22-24-26-28-30-32-34-36-38-40-42-44-46-48-50-52-54-56-58-60-62-64-71(76)81-68-70(69-82-74(73(78)79)80-67-66-75(3,4)5)83-72(77)65-63-61-59-57-55-53-51-49-47-45-43-41-39-37-35-33-31-29-27-25-23-21-19-17-15-13-11-9-7-2/h8-11,14-17,20-23,26-29,32-35,38-41,70,74H,6-7,12-13,18-19,24-25,30-31,36-37,42-69H2,1-5H3/b10-8-,11-9-,16-14-,17-15-,22-20-,23-21-,28-26-,29-27-,34-32-,35-33-,40-38-,41-39-. The van der Waals surface area contributed by atoms with Crippen molar-refractivity contribution >= 4 is 17.9 Å². The number of carbonyl (C=O) groups excluding carboxylic acids is 3. The van der Waals surface area contributed by atoms with Crippen LogP contribution in [0.5, 0.6) is 0 Å². The summed E-state index contributed by atoms with van der Waals surface area (Å²) >= 11 is 0.